The average molecular weight is 530 g/mol. The largest absolute Gasteiger partial charge is 0.461 e. The lowest BCUT2D eigenvalue weighted by molar-refractivity contribution is -0.172. The molecule has 0 bridgehead atoms. The Balaban J connectivity index is 2.12. The van der Waals surface area contributed by atoms with E-state index in [1.807, 2.05) is 32.6 Å². The van der Waals surface area contributed by atoms with E-state index in [2.05, 4.69) is 12.5 Å². The number of Topliss-reactive ketones (excluding diaryl/α,β-unsaturated/α-hetero) is 2. The molecule has 0 amide bonds. The van der Waals surface area contributed by atoms with E-state index in [1.165, 1.54) is 6.92 Å². The molecule has 3 heterocycles. The van der Waals surface area contributed by atoms with E-state index >= 15 is 0 Å². The Morgan fingerprint density at radius 2 is 1.76 bits per heavy atom. The number of carbonyl (C=O) groups excluding carboxylic acids is 4. The molecule has 0 aromatic heterocycles. The molecule has 8 nitrogen and oxygen atoms in total. The molecule has 3 aliphatic heterocycles. The third-order valence-corrected chi connectivity index (χ3v) is 8.94. The zero-order valence-corrected chi connectivity index (χ0v) is 23.9. The number of terminal acetylenes is 1. The highest BCUT2D eigenvalue weighted by molar-refractivity contribution is 5.99. The molecular formula is C30H43NO7. The first-order valence-corrected chi connectivity index (χ1v) is 13.6. The van der Waals surface area contributed by atoms with Crippen molar-refractivity contribution >= 4 is 23.5 Å². The van der Waals surface area contributed by atoms with E-state index in [1.54, 1.807) is 19.9 Å². The van der Waals surface area contributed by atoms with Gasteiger partial charge in [0.15, 0.2) is 0 Å². The minimum atomic E-state index is -1.23. The first-order chi connectivity index (χ1) is 17.6. The second-order valence-electron chi connectivity index (χ2n) is 12.4. The summed E-state index contributed by atoms with van der Waals surface area (Å²) in [5.41, 5.74) is -3.07. The molecule has 9 atom stereocenters. The van der Waals surface area contributed by atoms with E-state index in [4.69, 9.17) is 20.6 Å². The summed E-state index contributed by atoms with van der Waals surface area (Å²) in [5, 5.41) is 0. The smallest absolute Gasteiger partial charge is 0.324 e. The standard InChI is InChI=1S/C30H43NO7/c1-10-12-20(5)31-16-29(8)24-22(31)27(35)38-30(24,9)17-36-26(34)21(6)23(32)18(3)14-28(7,37-13-11-2)15-19(4)25(29)33/h2,10,18-22,24H,1,12-17H2,3-9H3/t18-,19-,20?,21-,22-,24?,28+,29-,30-/m1/s1. The van der Waals surface area contributed by atoms with E-state index in [-0.39, 0.29) is 30.8 Å². The number of cyclic esters (lactones) is 1. The highest BCUT2D eigenvalue weighted by atomic mass is 16.6. The van der Waals surface area contributed by atoms with Crippen molar-refractivity contribution in [2.24, 2.45) is 29.1 Å². The van der Waals surface area contributed by atoms with Crippen LogP contribution >= 0.6 is 0 Å². The van der Waals surface area contributed by atoms with Gasteiger partial charge in [-0.15, -0.1) is 13.0 Å². The van der Waals surface area contributed by atoms with Crippen molar-refractivity contribution in [2.75, 3.05) is 19.8 Å². The molecular weight excluding hydrogens is 486 g/mol. The summed E-state index contributed by atoms with van der Waals surface area (Å²) in [6, 6.07) is -0.710. The van der Waals surface area contributed by atoms with E-state index in [9.17, 15) is 19.2 Å². The number of hydrogen-bond acceptors (Lipinski definition) is 8. The SMILES string of the molecule is C#CCO[C@@]1(C)C[C@@H](C)C(=O)[C@@H](C)C(=O)OC[C@@]2(C)OC(=O)[C@H]3C2[C@@](C)(CN3C(C)CC=C)C(=O)[C@H](C)C1. The van der Waals surface area contributed by atoms with Gasteiger partial charge >= 0.3 is 11.9 Å². The second-order valence-corrected chi connectivity index (χ2v) is 12.4. The van der Waals surface area contributed by atoms with Crippen LogP contribution in [0.4, 0.5) is 0 Å². The Labute approximate surface area is 226 Å². The summed E-state index contributed by atoms with van der Waals surface area (Å²) in [5.74, 6) is -1.46. The zero-order valence-electron chi connectivity index (χ0n) is 23.9. The van der Waals surface area contributed by atoms with Crippen LogP contribution in [0.25, 0.3) is 0 Å². The van der Waals surface area contributed by atoms with Crippen molar-refractivity contribution < 1.29 is 33.4 Å². The monoisotopic (exact) mass is 529 g/mol. The molecule has 38 heavy (non-hydrogen) atoms. The molecule has 3 rings (SSSR count). The lowest BCUT2D eigenvalue weighted by Gasteiger charge is -2.41. The average Bonchev–Trinajstić information content (AvgIpc) is 3.33. The summed E-state index contributed by atoms with van der Waals surface area (Å²) in [6.07, 6.45) is 8.54. The lowest BCUT2D eigenvalue weighted by Crippen LogP contribution is -2.52. The fourth-order valence-corrected chi connectivity index (χ4v) is 7.26. The quantitative estimate of drug-likeness (QED) is 0.231. The summed E-state index contributed by atoms with van der Waals surface area (Å²) >= 11 is 0. The number of rotatable bonds is 5. The lowest BCUT2D eigenvalue weighted by atomic mass is 9.64. The maximum Gasteiger partial charge on any atom is 0.324 e. The van der Waals surface area contributed by atoms with Crippen molar-refractivity contribution in [1.82, 2.24) is 4.90 Å². The van der Waals surface area contributed by atoms with Gasteiger partial charge in [-0.3, -0.25) is 24.1 Å². The molecule has 3 aliphatic rings. The summed E-state index contributed by atoms with van der Waals surface area (Å²) < 4.78 is 17.6. The van der Waals surface area contributed by atoms with Crippen LogP contribution in [-0.2, 0) is 33.4 Å². The maximum absolute atomic E-state index is 14.4. The van der Waals surface area contributed by atoms with Gasteiger partial charge in [0.2, 0.25) is 0 Å². The first kappa shape index (κ1) is 30.0. The molecule has 210 valence electrons. The minimum absolute atomic E-state index is 0.0170. The number of ketones is 2. The van der Waals surface area contributed by atoms with E-state index < -0.39 is 58.3 Å². The molecule has 2 unspecified atom stereocenters. The van der Waals surface area contributed by atoms with Crippen molar-refractivity contribution in [3.8, 4) is 12.3 Å². The predicted molar refractivity (Wildman–Crippen MR) is 142 cm³/mol. The van der Waals surface area contributed by atoms with Crippen LogP contribution in [0.2, 0.25) is 0 Å². The van der Waals surface area contributed by atoms with Crippen LogP contribution in [0.3, 0.4) is 0 Å². The number of nitrogens with zero attached hydrogens (tertiary/aromatic N) is 1. The Bertz CT molecular complexity index is 1030. The fourth-order valence-electron chi connectivity index (χ4n) is 7.26. The molecule has 0 aromatic rings. The summed E-state index contributed by atoms with van der Waals surface area (Å²) in [7, 11) is 0. The molecule has 8 heteroatoms. The summed E-state index contributed by atoms with van der Waals surface area (Å²) in [6.45, 7) is 16.6. The van der Waals surface area contributed by atoms with Gasteiger partial charge in [0, 0.05) is 35.8 Å². The van der Waals surface area contributed by atoms with Gasteiger partial charge in [-0.25, -0.2) is 0 Å². The van der Waals surface area contributed by atoms with Gasteiger partial charge in [0.25, 0.3) is 0 Å². The van der Waals surface area contributed by atoms with Gasteiger partial charge in [-0.1, -0.05) is 32.8 Å². The number of esters is 2. The van der Waals surface area contributed by atoms with Crippen LogP contribution in [0.15, 0.2) is 12.7 Å². The summed E-state index contributed by atoms with van der Waals surface area (Å²) in [4.78, 5) is 55.9. The van der Waals surface area contributed by atoms with Crippen molar-refractivity contribution in [3.05, 3.63) is 12.7 Å². The number of ether oxygens (including phenoxy) is 3. The second kappa shape index (κ2) is 10.9. The molecule has 0 radical (unpaired) electrons. The molecule has 3 saturated heterocycles. The fraction of sp³-hybridized carbons (Fsp3) is 0.733. The topological polar surface area (TPSA) is 99.2 Å². The molecule has 0 aromatic carbocycles. The van der Waals surface area contributed by atoms with Crippen molar-refractivity contribution in [1.29, 1.82) is 0 Å². The van der Waals surface area contributed by atoms with Gasteiger partial charge in [0.1, 0.15) is 42.3 Å². The Morgan fingerprint density at radius 3 is 2.37 bits per heavy atom. The zero-order chi connectivity index (χ0) is 28.6. The molecule has 0 saturated carbocycles. The predicted octanol–water partition coefficient (Wildman–Crippen LogP) is 3.37. The van der Waals surface area contributed by atoms with Crippen LogP contribution < -0.4 is 0 Å². The van der Waals surface area contributed by atoms with Crippen LogP contribution in [-0.4, -0.2) is 71.4 Å². The molecule has 0 N–H and O–H groups in total. The number of likely N-dealkylation sites (tertiary alicyclic amines) is 1. The van der Waals surface area contributed by atoms with Crippen LogP contribution in [0, 0.1) is 41.4 Å². The highest BCUT2D eigenvalue weighted by Crippen LogP contribution is 2.54. The number of carbonyl (C=O) groups is 4. The van der Waals surface area contributed by atoms with E-state index in [0.29, 0.717) is 25.8 Å². The third kappa shape index (κ3) is 5.33. The molecule has 0 aliphatic carbocycles. The number of hydrogen-bond donors (Lipinski definition) is 0. The first-order valence-electron chi connectivity index (χ1n) is 13.6. The van der Waals surface area contributed by atoms with Crippen molar-refractivity contribution in [3.63, 3.8) is 0 Å². The normalized spacial score (nSPS) is 41.5. The Kier molecular flexibility index (Phi) is 8.65. The van der Waals surface area contributed by atoms with Gasteiger partial charge < -0.3 is 14.2 Å². The van der Waals surface area contributed by atoms with Gasteiger partial charge in [-0.2, -0.15) is 0 Å². The Morgan fingerprint density at radius 1 is 1.13 bits per heavy atom. The Hall–Kier alpha value is -2.50. The van der Waals surface area contributed by atoms with Crippen LogP contribution in [0.1, 0.15) is 67.7 Å². The molecule has 0 spiro atoms. The van der Waals surface area contributed by atoms with Gasteiger partial charge in [-0.05, 0) is 47.0 Å². The third-order valence-electron chi connectivity index (χ3n) is 8.94. The maximum atomic E-state index is 14.4. The van der Waals surface area contributed by atoms with Crippen molar-refractivity contribution in [2.45, 2.75) is 91.0 Å². The minimum Gasteiger partial charge on any atom is -0.461 e. The van der Waals surface area contributed by atoms with Crippen LogP contribution in [0.5, 0.6) is 0 Å². The van der Waals surface area contributed by atoms with Gasteiger partial charge in [0.05, 0.1) is 5.60 Å². The van der Waals surface area contributed by atoms with E-state index in [0.717, 1.165) is 0 Å². The highest BCUT2D eigenvalue weighted by Gasteiger charge is 2.69. The molecule has 3 fully saturated rings.